The Labute approximate surface area is 303 Å². The number of rotatable bonds is 14. The predicted octanol–water partition coefficient (Wildman–Crippen LogP) is 1.98. The third kappa shape index (κ3) is 9.76. The van der Waals surface area contributed by atoms with E-state index in [0.29, 0.717) is 25.9 Å². The van der Waals surface area contributed by atoms with E-state index >= 15 is 0 Å². The second-order valence-corrected chi connectivity index (χ2v) is 14.0. The maximum atomic E-state index is 14.4. The Morgan fingerprint density at radius 1 is 0.923 bits per heavy atom. The van der Waals surface area contributed by atoms with Crippen molar-refractivity contribution in [2.45, 2.75) is 104 Å². The topological polar surface area (TPSA) is 197 Å². The first-order valence-corrected chi connectivity index (χ1v) is 17.8. The van der Waals surface area contributed by atoms with E-state index in [2.05, 4.69) is 25.9 Å². The molecule has 4 rings (SSSR count). The number of benzene rings is 1. The first-order chi connectivity index (χ1) is 24.7. The number of likely N-dealkylation sites (tertiary alicyclic amines) is 1. The van der Waals surface area contributed by atoms with E-state index in [1.807, 2.05) is 31.2 Å². The number of nitrogens with zero attached hydrogens (tertiary/aromatic N) is 4. The molecule has 3 heterocycles. The molecule has 0 saturated carbocycles. The zero-order valence-electron chi connectivity index (χ0n) is 30.6. The summed E-state index contributed by atoms with van der Waals surface area (Å²) in [6.45, 7) is 10.5. The van der Waals surface area contributed by atoms with Gasteiger partial charge >= 0.3 is 6.09 Å². The van der Waals surface area contributed by atoms with Crippen molar-refractivity contribution in [3.63, 3.8) is 0 Å². The Morgan fingerprint density at radius 3 is 2.23 bits per heavy atom. The van der Waals surface area contributed by atoms with Gasteiger partial charge in [-0.1, -0.05) is 65.3 Å². The van der Waals surface area contributed by atoms with Crippen molar-refractivity contribution in [3.8, 4) is 0 Å². The van der Waals surface area contributed by atoms with E-state index in [-0.39, 0.29) is 31.0 Å². The number of ketones is 2. The Kier molecular flexibility index (Phi) is 13.6. The van der Waals surface area contributed by atoms with Gasteiger partial charge < -0.3 is 30.5 Å². The highest BCUT2D eigenvalue weighted by Crippen LogP contribution is 2.26. The number of hydrogen-bond acceptors (Lipinski definition) is 10. The zero-order chi connectivity index (χ0) is 38.1. The lowest BCUT2D eigenvalue weighted by molar-refractivity contribution is -0.144. The molecule has 0 unspecified atom stereocenters. The van der Waals surface area contributed by atoms with Crippen LogP contribution in [0.4, 0.5) is 4.79 Å². The smallest absolute Gasteiger partial charge is 0.410 e. The molecular formula is C37H49N7O8. The number of carbonyl (C=O) groups is 7. The van der Waals surface area contributed by atoms with Gasteiger partial charge in [-0.15, -0.1) is 0 Å². The van der Waals surface area contributed by atoms with E-state index < -0.39 is 77.5 Å². The van der Waals surface area contributed by atoms with Crippen molar-refractivity contribution in [2.24, 2.45) is 11.8 Å². The minimum atomic E-state index is -1.18. The summed E-state index contributed by atoms with van der Waals surface area (Å²) in [5, 5.41) is 8.10. The lowest BCUT2D eigenvalue weighted by Crippen LogP contribution is -2.59. The van der Waals surface area contributed by atoms with Crippen LogP contribution in [0.1, 0.15) is 82.4 Å². The van der Waals surface area contributed by atoms with Crippen molar-refractivity contribution >= 4 is 41.3 Å². The first kappa shape index (κ1) is 39.6. The summed E-state index contributed by atoms with van der Waals surface area (Å²) in [4.78, 5) is 103. The molecule has 5 atom stereocenters. The second kappa shape index (κ2) is 17.8. The van der Waals surface area contributed by atoms with Crippen molar-refractivity contribution in [2.75, 3.05) is 13.1 Å². The molecule has 15 nitrogen and oxygen atoms in total. The minimum Gasteiger partial charge on any atom is -0.444 e. The van der Waals surface area contributed by atoms with Crippen LogP contribution in [0, 0.1) is 11.8 Å². The molecule has 5 amide bonds. The Balaban J connectivity index is 1.55. The predicted molar refractivity (Wildman–Crippen MR) is 188 cm³/mol. The third-order valence-electron chi connectivity index (χ3n) is 9.32. The molecule has 0 aliphatic carbocycles. The number of nitrogens with one attached hydrogen (secondary N) is 3. The summed E-state index contributed by atoms with van der Waals surface area (Å²) in [6.07, 6.45) is 3.87. The molecule has 2 aromatic rings. The average molecular weight is 720 g/mol. The van der Waals surface area contributed by atoms with Crippen LogP contribution in [0.2, 0.25) is 0 Å². The SMILES string of the molecule is CCC[C@H](NC(=O)[C@@H]1C[C@@H](OC(=O)N2CCc3ccccc3C2)CN1C(=O)[C@@H](NC(=O)[C@@H](NC(=O)c1cnccn1)C(C)C)C(C)C)C(=O)C(C)=O. The standard InChI is InChI=1S/C37H49N7O8/c1-7-10-27(32(46)23(6)45)40-34(48)29-17-26(52-37(51)43-16-13-24-11-8-9-12-25(24)19-43)20-44(29)36(50)31(22(4)5)42-35(49)30(21(2)3)41-33(47)28-18-38-14-15-39-28/h8-9,11-12,14-15,18,21-22,26-27,29-31H,7,10,13,16-17,19-20H2,1-6H3,(H,40,48)(H,41,47)(H,42,49)/t26-,27+,29+,30+,31+/m1/s1. The van der Waals surface area contributed by atoms with Gasteiger partial charge in [0, 0.05) is 38.8 Å². The van der Waals surface area contributed by atoms with Crippen LogP contribution >= 0.6 is 0 Å². The van der Waals surface area contributed by atoms with Gasteiger partial charge in [0.15, 0.2) is 5.78 Å². The van der Waals surface area contributed by atoms with Crippen LogP contribution in [-0.4, -0.2) is 104 Å². The van der Waals surface area contributed by atoms with Crippen LogP contribution in [0.25, 0.3) is 0 Å². The van der Waals surface area contributed by atoms with Gasteiger partial charge in [0.1, 0.15) is 29.9 Å². The van der Waals surface area contributed by atoms with E-state index in [0.717, 1.165) is 18.1 Å². The van der Waals surface area contributed by atoms with Crippen LogP contribution in [-0.2, 0) is 41.7 Å². The fourth-order valence-corrected chi connectivity index (χ4v) is 6.42. The largest absolute Gasteiger partial charge is 0.444 e. The fraction of sp³-hybridized carbons (Fsp3) is 0.541. The molecule has 1 aromatic carbocycles. The number of hydrogen-bond donors (Lipinski definition) is 3. The molecule has 1 aromatic heterocycles. The molecule has 2 aliphatic heterocycles. The van der Waals surface area contributed by atoms with Gasteiger partial charge in [-0.05, 0) is 35.8 Å². The number of amides is 5. The number of ether oxygens (including phenoxy) is 1. The summed E-state index contributed by atoms with van der Waals surface area (Å²) in [6, 6.07) is 3.36. The molecule has 280 valence electrons. The monoisotopic (exact) mass is 719 g/mol. The highest BCUT2D eigenvalue weighted by atomic mass is 16.6. The van der Waals surface area contributed by atoms with E-state index in [1.54, 1.807) is 32.6 Å². The first-order valence-electron chi connectivity index (χ1n) is 17.8. The van der Waals surface area contributed by atoms with Crippen LogP contribution in [0.15, 0.2) is 42.9 Å². The highest BCUT2D eigenvalue weighted by Gasteiger charge is 2.46. The maximum absolute atomic E-state index is 14.4. The number of carbonyl (C=O) groups excluding carboxylic acids is 7. The van der Waals surface area contributed by atoms with Crippen LogP contribution in [0.5, 0.6) is 0 Å². The average Bonchev–Trinajstić information content (AvgIpc) is 3.55. The highest BCUT2D eigenvalue weighted by molar-refractivity contribution is 6.38. The third-order valence-corrected chi connectivity index (χ3v) is 9.32. The fourth-order valence-electron chi connectivity index (χ4n) is 6.42. The Morgan fingerprint density at radius 2 is 1.62 bits per heavy atom. The van der Waals surface area contributed by atoms with Gasteiger partial charge in [-0.2, -0.15) is 0 Å². The van der Waals surface area contributed by atoms with Crippen molar-refractivity contribution < 1.29 is 38.3 Å². The van der Waals surface area contributed by atoms with Gasteiger partial charge in [0.25, 0.3) is 5.91 Å². The maximum Gasteiger partial charge on any atom is 0.410 e. The second-order valence-electron chi connectivity index (χ2n) is 14.0. The minimum absolute atomic E-state index is 0.0161. The molecular weight excluding hydrogens is 670 g/mol. The van der Waals surface area contributed by atoms with E-state index in [1.165, 1.54) is 23.5 Å². The summed E-state index contributed by atoms with van der Waals surface area (Å²) in [5.74, 6) is -4.84. The van der Waals surface area contributed by atoms with Gasteiger partial charge in [-0.3, -0.25) is 33.8 Å². The quantitative estimate of drug-likeness (QED) is 0.243. The van der Waals surface area contributed by atoms with Crippen LogP contribution < -0.4 is 16.0 Å². The molecule has 0 spiro atoms. The summed E-state index contributed by atoms with van der Waals surface area (Å²) >= 11 is 0. The molecule has 15 heteroatoms. The van der Waals surface area contributed by atoms with Crippen molar-refractivity contribution in [1.82, 2.24) is 35.7 Å². The van der Waals surface area contributed by atoms with Gasteiger partial charge in [0.2, 0.25) is 23.5 Å². The van der Waals surface area contributed by atoms with Crippen molar-refractivity contribution in [1.29, 1.82) is 0 Å². The summed E-state index contributed by atoms with van der Waals surface area (Å²) in [5.41, 5.74) is 2.17. The molecule has 0 radical (unpaired) electrons. The molecule has 1 fully saturated rings. The molecule has 2 aliphatic rings. The number of aromatic nitrogens is 2. The number of Topliss-reactive ketones (excluding diaryl/α,β-unsaturated/α-hetero) is 2. The Hall–Kier alpha value is -5.21. The molecule has 0 bridgehead atoms. The molecule has 1 saturated heterocycles. The summed E-state index contributed by atoms with van der Waals surface area (Å²) in [7, 11) is 0. The van der Waals surface area contributed by atoms with Crippen molar-refractivity contribution in [3.05, 3.63) is 59.7 Å². The summed E-state index contributed by atoms with van der Waals surface area (Å²) < 4.78 is 5.89. The van der Waals surface area contributed by atoms with Gasteiger partial charge in [0.05, 0.1) is 18.8 Å². The normalized spacial score (nSPS) is 18.5. The lowest BCUT2D eigenvalue weighted by atomic mass is 9.98. The van der Waals surface area contributed by atoms with Gasteiger partial charge in [-0.25, -0.2) is 9.78 Å². The Bertz CT molecular complexity index is 1650. The lowest BCUT2D eigenvalue weighted by Gasteiger charge is -2.32. The zero-order valence-corrected chi connectivity index (χ0v) is 30.6. The number of fused-ring (bicyclic) bond motifs is 1. The van der Waals surface area contributed by atoms with Crippen LogP contribution in [0.3, 0.4) is 0 Å². The van der Waals surface area contributed by atoms with E-state index in [9.17, 15) is 33.6 Å². The van der Waals surface area contributed by atoms with E-state index in [4.69, 9.17) is 4.74 Å². The molecule has 52 heavy (non-hydrogen) atoms. The molecule has 3 N–H and O–H groups in total.